The van der Waals surface area contributed by atoms with Crippen molar-refractivity contribution in [2.24, 2.45) is 11.1 Å². The molecule has 1 saturated carbocycles. The minimum Gasteiger partial charge on any atom is -0.369 e. The lowest BCUT2D eigenvalue weighted by atomic mass is 10.1. The fourth-order valence-electron chi connectivity index (χ4n) is 3.74. The van der Waals surface area contributed by atoms with E-state index in [0.29, 0.717) is 47.0 Å². The molecule has 0 unspecified atom stereocenters. The van der Waals surface area contributed by atoms with Crippen LogP contribution in [0.2, 0.25) is 0 Å². The number of aryl methyl sites for hydroxylation is 1. The number of carbonyl (C=O) groups excluding carboxylic acids is 2. The molecular weight excluding hydrogens is 415 g/mol. The molecule has 0 aliphatic heterocycles. The third kappa shape index (κ3) is 3.29. The Morgan fingerprint density at radius 1 is 1.25 bits per heavy atom. The molecule has 3 aromatic heterocycles. The van der Waals surface area contributed by atoms with Crippen LogP contribution in [-0.4, -0.2) is 31.5 Å². The maximum absolute atomic E-state index is 13.8. The fraction of sp³-hybridized carbons (Fsp3) is 0.227. The molecule has 0 bridgehead atoms. The molecule has 1 fully saturated rings. The van der Waals surface area contributed by atoms with Crippen molar-refractivity contribution >= 4 is 22.7 Å². The van der Waals surface area contributed by atoms with Crippen LogP contribution in [0.25, 0.3) is 28.1 Å². The van der Waals surface area contributed by atoms with Gasteiger partial charge in [0, 0.05) is 12.3 Å². The Balaban J connectivity index is 1.45. The van der Waals surface area contributed by atoms with Crippen LogP contribution in [0, 0.1) is 18.2 Å². The predicted molar refractivity (Wildman–Crippen MR) is 112 cm³/mol. The van der Waals surface area contributed by atoms with Crippen LogP contribution in [-0.2, 0) is 16.1 Å². The highest BCUT2D eigenvalue weighted by atomic mass is 19.1. The Morgan fingerprint density at radius 2 is 2.06 bits per heavy atom. The summed E-state index contributed by atoms with van der Waals surface area (Å²) in [6, 6.07) is 9.87. The highest BCUT2D eigenvalue weighted by Gasteiger charge is 2.55. The van der Waals surface area contributed by atoms with Gasteiger partial charge in [0.15, 0.2) is 0 Å². The highest BCUT2D eigenvalue weighted by Crippen LogP contribution is 2.45. The normalized spacial score (nSPS) is 14.4. The number of nitrogens with one attached hydrogen (secondary N) is 1. The standard InChI is InChI=1S/C22H19FN6O3/c1-12-27-19(28-32-12)18-9-13-8-14(23)2-5-17(13)29(18)16-4-3-15(25-11-16)10-26-21(31)22(6-7-22)20(24)30/h2-5,8-9,11H,6-7,10H2,1H3,(H2,24,30)(H,26,31). The molecule has 0 saturated heterocycles. The van der Waals surface area contributed by atoms with Crippen LogP contribution in [0.5, 0.6) is 0 Å². The number of halogens is 1. The van der Waals surface area contributed by atoms with E-state index in [1.165, 1.54) is 12.1 Å². The van der Waals surface area contributed by atoms with Gasteiger partial charge in [0.1, 0.15) is 11.2 Å². The molecule has 1 aliphatic rings. The second-order valence-corrected chi connectivity index (χ2v) is 7.84. The van der Waals surface area contributed by atoms with Gasteiger partial charge in [-0.1, -0.05) is 5.16 Å². The van der Waals surface area contributed by atoms with Crippen molar-refractivity contribution in [3.8, 4) is 17.2 Å². The topological polar surface area (TPSA) is 129 Å². The highest BCUT2D eigenvalue weighted by molar-refractivity contribution is 6.07. The number of nitrogens with zero attached hydrogens (tertiary/aromatic N) is 4. The number of pyridine rings is 1. The predicted octanol–water partition coefficient (Wildman–Crippen LogP) is 2.40. The van der Waals surface area contributed by atoms with E-state index in [1.54, 1.807) is 31.3 Å². The monoisotopic (exact) mass is 434 g/mol. The summed E-state index contributed by atoms with van der Waals surface area (Å²) >= 11 is 0. The van der Waals surface area contributed by atoms with E-state index < -0.39 is 11.3 Å². The Bertz CT molecular complexity index is 1350. The molecule has 1 aliphatic carbocycles. The summed E-state index contributed by atoms with van der Waals surface area (Å²) < 4.78 is 20.8. The van der Waals surface area contributed by atoms with Crippen LogP contribution in [0.15, 0.2) is 47.1 Å². The van der Waals surface area contributed by atoms with Crippen molar-refractivity contribution in [2.45, 2.75) is 26.3 Å². The van der Waals surface area contributed by atoms with Gasteiger partial charge >= 0.3 is 0 Å². The van der Waals surface area contributed by atoms with Crippen LogP contribution < -0.4 is 11.1 Å². The van der Waals surface area contributed by atoms with Gasteiger partial charge in [-0.25, -0.2) is 4.39 Å². The molecule has 4 aromatic rings. The zero-order valence-corrected chi connectivity index (χ0v) is 17.1. The molecule has 1 aromatic carbocycles. The molecule has 0 radical (unpaired) electrons. The molecule has 0 atom stereocenters. The van der Waals surface area contributed by atoms with Crippen LogP contribution in [0.4, 0.5) is 4.39 Å². The fourth-order valence-corrected chi connectivity index (χ4v) is 3.74. The maximum Gasteiger partial charge on any atom is 0.236 e. The van der Waals surface area contributed by atoms with E-state index in [1.807, 2.05) is 10.6 Å². The van der Waals surface area contributed by atoms with Crippen molar-refractivity contribution < 1.29 is 18.5 Å². The Morgan fingerprint density at radius 3 is 2.69 bits per heavy atom. The van der Waals surface area contributed by atoms with Gasteiger partial charge in [-0.3, -0.25) is 14.6 Å². The van der Waals surface area contributed by atoms with Gasteiger partial charge < -0.3 is 20.1 Å². The van der Waals surface area contributed by atoms with Crippen molar-refractivity contribution in [1.82, 2.24) is 25.0 Å². The summed E-state index contributed by atoms with van der Waals surface area (Å²) in [7, 11) is 0. The zero-order valence-electron chi connectivity index (χ0n) is 17.1. The van der Waals surface area contributed by atoms with E-state index >= 15 is 0 Å². The van der Waals surface area contributed by atoms with Gasteiger partial charge in [-0.15, -0.1) is 0 Å². The van der Waals surface area contributed by atoms with Crippen molar-refractivity contribution in [1.29, 1.82) is 0 Å². The first-order chi connectivity index (χ1) is 15.4. The Hall–Kier alpha value is -4.08. The molecule has 5 rings (SSSR count). The number of nitrogens with two attached hydrogens (primary N) is 1. The summed E-state index contributed by atoms with van der Waals surface area (Å²) in [6.07, 6.45) is 2.59. The molecule has 3 heterocycles. The van der Waals surface area contributed by atoms with Crippen molar-refractivity contribution in [3.63, 3.8) is 0 Å². The summed E-state index contributed by atoms with van der Waals surface area (Å²) in [5.74, 6) is -0.533. The van der Waals surface area contributed by atoms with Gasteiger partial charge in [-0.2, -0.15) is 4.98 Å². The lowest BCUT2D eigenvalue weighted by molar-refractivity contribution is -0.135. The van der Waals surface area contributed by atoms with Gasteiger partial charge in [0.2, 0.25) is 23.5 Å². The second kappa shape index (κ2) is 7.26. The quantitative estimate of drug-likeness (QED) is 0.449. The minimum atomic E-state index is -1.07. The van der Waals surface area contributed by atoms with E-state index in [-0.39, 0.29) is 18.3 Å². The zero-order chi connectivity index (χ0) is 22.5. The van der Waals surface area contributed by atoms with Crippen molar-refractivity contribution in [2.75, 3.05) is 0 Å². The third-order valence-electron chi connectivity index (χ3n) is 5.67. The average Bonchev–Trinajstić information content (AvgIpc) is 3.36. The van der Waals surface area contributed by atoms with E-state index in [0.717, 1.165) is 5.52 Å². The number of benzene rings is 1. The molecule has 2 amide bonds. The first kappa shape index (κ1) is 19.9. The van der Waals surface area contributed by atoms with E-state index in [4.69, 9.17) is 10.3 Å². The van der Waals surface area contributed by atoms with Gasteiger partial charge in [-0.05, 0) is 49.2 Å². The number of hydrogen-bond donors (Lipinski definition) is 2. The van der Waals surface area contributed by atoms with E-state index in [2.05, 4.69) is 20.4 Å². The van der Waals surface area contributed by atoms with Crippen LogP contribution >= 0.6 is 0 Å². The molecule has 9 nitrogen and oxygen atoms in total. The molecule has 162 valence electrons. The average molecular weight is 434 g/mol. The summed E-state index contributed by atoms with van der Waals surface area (Å²) in [5, 5.41) is 7.40. The number of amides is 2. The number of primary amides is 1. The number of carbonyl (C=O) groups is 2. The Labute approximate surface area is 181 Å². The van der Waals surface area contributed by atoms with Crippen LogP contribution in [0.1, 0.15) is 24.4 Å². The molecule has 3 N–H and O–H groups in total. The first-order valence-electron chi connectivity index (χ1n) is 10.0. The molecule has 32 heavy (non-hydrogen) atoms. The largest absolute Gasteiger partial charge is 0.369 e. The second-order valence-electron chi connectivity index (χ2n) is 7.84. The SMILES string of the molecule is Cc1nc(-c2cc3cc(F)ccc3n2-c2ccc(CNC(=O)C3(C(N)=O)CC3)nc2)no1. The molecular formula is C22H19FN6O3. The number of aromatic nitrogens is 4. The molecule has 10 heteroatoms. The molecule has 0 spiro atoms. The minimum absolute atomic E-state index is 0.169. The van der Waals surface area contributed by atoms with Crippen LogP contribution in [0.3, 0.4) is 0 Å². The van der Waals surface area contributed by atoms with Gasteiger partial charge in [0.05, 0.1) is 35.3 Å². The number of fused-ring (bicyclic) bond motifs is 1. The van der Waals surface area contributed by atoms with Gasteiger partial charge in [0.25, 0.3) is 0 Å². The Kier molecular flexibility index (Phi) is 4.50. The maximum atomic E-state index is 13.8. The number of hydrogen-bond acceptors (Lipinski definition) is 6. The lowest BCUT2D eigenvalue weighted by Gasteiger charge is -2.12. The number of rotatable bonds is 6. The van der Waals surface area contributed by atoms with E-state index in [9.17, 15) is 14.0 Å². The third-order valence-corrected chi connectivity index (χ3v) is 5.67. The summed E-state index contributed by atoms with van der Waals surface area (Å²) in [5.41, 5.74) is 6.96. The first-order valence-corrected chi connectivity index (χ1v) is 10.0. The van der Waals surface area contributed by atoms with Crippen molar-refractivity contribution in [3.05, 3.63) is 60.0 Å². The smallest absolute Gasteiger partial charge is 0.236 e. The lowest BCUT2D eigenvalue weighted by Crippen LogP contribution is -2.40. The summed E-state index contributed by atoms with van der Waals surface area (Å²) in [6.45, 7) is 1.86. The summed E-state index contributed by atoms with van der Waals surface area (Å²) in [4.78, 5) is 32.5.